The van der Waals surface area contributed by atoms with Crippen molar-refractivity contribution in [1.29, 1.82) is 0 Å². The molecular weight excluding hydrogens is 306 g/mol. The van der Waals surface area contributed by atoms with Crippen LogP contribution in [0.4, 0.5) is 11.5 Å². The maximum absolute atomic E-state index is 5.91. The summed E-state index contributed by atoms with van der Waals surface area (Å²) in [5, 5.41) is 4.22. The number of aromatic nitrogens is 2. The van der Waals surface area contributed by atoms with E-state index in [-0.39, 0.29) is 0 Å². The third-order valence-electron chi connectivity index (χ3n) is 3.80. The van der Waals surface area contributed by atoms with Crippen LogP contribution in [0.3, 0.4) is 0 Å². The summed E-state index contributed by atoms with van der Waals surface area (Å²) in [6.45, 7) is 0. The lowest BCUT2D eigenvalue weighted by atomic mass is 10.2. The normalized spacial score (nSPS) is 10.9. The number of hydrogen-bond donors (Lipinski definition) is 1. The van der Waals surface area contributed by atoms with Crippen molar-refractivity contribution in [1.82, 2.24) is 9.97 Å². The lowest BCUT2D eigenvalue weighted by molar-refractivity contribution is 0.355. The molecule has 2 aromatic heterocycles. The van der Waals surface area contributed by atoms with Crippen LogP contribution in [0.1, 0.15) is 0 Å². The van der Waals surface area contributed by atoms with E-state index in [1.807, 2.05) is 42.5 Å². The molecular formula is C18H15N3O3. The van der Waals surface area contributed by atoms with Gasteiger partial charge in [-0.05, 0) is 24.3 Å². The summed E-state index contributed by atoms with van der Waals surface area (Å²) >= 11 is 0. The van der Waals surface area contributed by atoms with Gasteiger partial charge in [0.2, 0.25) is 0 Å². The standard InChI is InChI=1S/C18H15N3O3/c1-22-14-8-7-11(9-15(14)23-2)21-18-17-16(19-10-20-18)12-5-3-4-6-13(12)24-17/h3-10H,1-2H3,(H,19,20,21). The number of nitrogens with zero attached hydrogens (tertiary/aromatic N) is 2. The Morgan fingerprint density at radius 1 is 0.958 bits per heavy atom. The molecule has 0 atom stereocenters. The van der Waals surface area contributed by atoms with Crippen molar-refractivity contribution in [3.8, 4) is 11.5 Å². The van der Waals surface area contributed by atoms with Gasteiger partial charge in [0.25, 0.3) is 0 Å². The average molecular weight is 321 g/mol. The summed E-state index contributed by atoms with van der Waals surface area (Å²) in [5.41, 5.74) is 2.99. The van der Waals surface area contributed by atoms with Gasteiger partial charge in [0.05, 0.1) is 14.2 Å². The molecule has 2 aromatic carbocycles. The minimum Gasteiger partial charge on any atom is -0.493 e. The topological polar surface area (TPSA) is 69.4 Å². The van der Waals surface area contributed by atoms with Gasteiger partial charge in [-0.15, -0.1) is 0 Å². The quantitative estimate of drug-likeness (QED) is 0.609. The predicted octanol–water partition coefficient (Wildman–Crippen LogP) is 4.14. The molecule has 0 fully saturated rings. The molecule has 120 valence electrons. The zero-order valence-corrected chi connectivity index (χ0v) is 13.2. The fraction of sp³-hybridized carbons (Fsp3) is 0.111. The van der Waals surface area contributed by atoms with Crippen LogP contribution in [0.15, 0.2) is 53.2 Å². The number of para-hydroxylation sites is 1. The number of rotatable bonds is 4. The van der Waals surface area contributed by atoms with Crippen molar-refractivity contribution in [2.75, 3.05) is 19.5 Å². The Morgan fingerprint density at radius 2 is 1.79 bits per heavy atom. The van der Waals surface area contributed by atoms with Crippen molar-refractivity contribution < 1.29 is 13.9 Å². The maximum atomic E-state index is 5.91. The van der Waals surface area contributed by atoms with Crippen LogP contribution in [0, 0.1) is 0 Å². The highest BCUT2D eigenvalue weighted by Crippen LogP contribution is 2.34. The molecule has 0 spiro atoms. The van der Waals surface area contributed by atoms with Crippen LogP contribution in [0.2, 0.25) is 0 Å². The molecule has 1 N–H and O–H groups in total. The molecule has 6 nitrogen and oxygen atoms in total. The number of hydrogen-bond acceptors (Lipinski definition) is 6. The number of nitrogens with one attached hydrogen (secondary N) is 1. The zero-order chi connectivity index (χ0) is 16.5. The average Bonchev–Trinajstić information content (AvgIpc) is 3.01. The molecule has 2 heterocycles. The Hall–Kier alpha value is -3.28. The van der Waals surface area contributed by atoms with Gasteiger partial charge >= 0.3 is 0 Å². The third kappa shape index (κ3) is 2.28. The minimum absolute atomic E-state index is 0.600. The smallest absolute Gasteiger partial charge is 0.196 e. The van der Waals surface area contributed by atoms with E-state index < -0.39 is 0 Å². The van der Waals surface area contributed by atoms with E-state index in [0.717, 1.165) is 22.2 Å². The molecule has 0 saturated heterocycles. The van der Waals surface area contributed by atoms with Crippen molar-refractivity contribution >= 4 is 33.6 Å². The summed E-state index contributed by atoms with van der Waals surface area (Å²) in [4.78, 5) is 8.65. The molecule has 0 radical (unpaired) electrons. The van der Waals surface area contributed by atoms with Gasteiger partial charge < -0.3 is 19.2 Å². The van der Waals surface area contributed by atoms with E-state index in [1.54, 1.807) is 14.2 Å². The second-order valence-electron chi connectivity index (χ2n) is 5.19. The summed E-state index contributed by atoms with van der Waals surface area (Å²) in [7, 11) is 3.21. The minimum atomic E-state index is 0.600. The Balaban J connectivity index is 1.80. The van der Waals surface area contributed by atoms with Crippen LogP contribution >= 0.6 is 0 Å². The monoisotopic (exact) mass is 321 g/mol. The van der Waals surface area contributed by atoms with Crippen molar-refractivity contribution in [3.63, 3.8) is 0 Å². The molecule has 4 aromatic rings. The van der Waals surface area contributed by atoms with Gasteiger partial charge in [-0.3, -0.25) is 0 Å². The number of anilines is 2. The number of methoxy groups -OCH3 is 2. The SMILES string of the molecule is COc1ccc(Nc2ncnc3c2oc2ccccc23)cc1OC. The second-order valence-corrected chi connectivity index (χ2v) is 5.19. The van der Waals surface area contributed by atoms with Gasteiger partial charge in [-0.2, -0.15) is 0 Å². The lowest BCUT2D eigenvalue weighted by Gasteiger charge is -2.10. The van der Waals surface area contributed by atoms with E-state index in [9.17, 15) is 0 Å². The Kier molecular flexibility index (Phi) is 3.42. The largest absolute Gasteiger partial charge is 0.493 e. The Morgan fingerprint density at radius 3 is 2.62 bits per heavy atom. The summed E-state index contributed by atoms with van der Waals surface area (Å²) < 4.78 is 16.5. The lowest BCUT2D eigenvalue weighted by Crippen LogP contribution is -1.96. The van der Waals surface area contributed by atoms with Crippen molar-refractivity contribution in [2.24, 2.45) is 0 Å². The van der Waals surface area contributed by atoms with Crippen LogP contribution in [0.5, 0.6) is 11.5 Å². The van der Waals surface area contributed by atoms with E-state index in [2.05, 4.69) is 15.3 Å². The molecule has 0 aliphatic heterocycles. The van der Waals surface area contributed by atoms with Gasteiger partial charge in [-0.25, -0.2) is 9.97 Å². The van der Waals surface area contributed by atoms with Gasteiger partial charge in [0.15, 0.2) is 22.9 Å². The first-order valence-corrected chi connectivity index (χ1v) is 7.41. The van der Waals surface area contributed by atoms with Crippen molar-refractivity contribution in [2.45, 2.75) is 0 Å². The van der Waals surface area contributed by atoms with Crippen LogP contribution in [0.25, 0.3) is 22.1 Å². The number of benzene rings is 2. The van der Waals surface area contributed by atoms with E-state index in [4.69, 9.17) is 13.9 Å². The molecule has 0 unspecified atom stereocenters. The molecule has 24 heavy (non-hydrogen) atoms. The summed E-state index contributed by atoms with van der Waals surface area (Å²) in [6.07, 6.45) is 1.52. The molecule has 4 rings (SSSR count). The maximum Gasteiger partial charge on any atom is 0.196 e. The van der Waals surface area contributed by atoms with E-state index >= 15 is 0 Å². The van der Waals surface area contributed by atoms with Crippen LogP contribution in [-0.4, -0.2) is 24.2 Å². The highest BCUT2D eigenvalue weighted by Gasteiger charge is 2.13. The Labute approximate surface area is 138 Å². The first-order chi connectivity index (χ1) is 11.8. The van der Waals surface area contributed by atoms with Gasteiger partial charge in [0.1, 0.15) is 17.4 Å². The highest BCUT2D eigenvalue weighted by atomic mass is 16.5. The number of ether oxygens (including phenoxy) is 2. The molecule has 0 bridgehead atoms. The van der Waals surface area contributed by atoms with E-state index in [1.165, 1.54) is 6.33 Å². The third-order valence-corrected chi connectivity index (χ3v) is 3.80. The fourth-order valence-electron chi connectivity index (χ4n) is 2.66. The summed E-state index contributed by atoms with van der Waals surface area (Å²) in [5.74, 6) is 1.90. The van der Waals surface area contributed by atoms with Crippen LogP contribution < -0.4 is 14.8 Å². The Bertz CT molecular complexity index is 1030. The van der Waals surface area contributed by atoms with Gasteiger partial charge in [0, 0.05) is 17.1 Å². The fourth-order valence-corrected chi connectivity index (χ4v) is 2.66. The molecule has 0 aliphatic carbocycles. The first kappa shape index (κ1) is 14.3. The molecule has 0 amide bonds. The second kappa shape index (κ2) is 5.73. The number of fused-ring (bicyclic) bond motifs is 3. The zero-order valence-electron chi connectivity index (χ0n) is 13.2. The molecule has 0 aliphatic rings. The van der Waals surface area contributed by atoms with E-state index in [0.29, 0.717) is 22.9 Å². The first-order valence-electron chi connectivity index (χ1n) is 7.41. The molecule has 6 heteroatoms. The predicted molar refractivity (Wildman–Crippen MR) is 92.1 cm³/mol. The highest BCUT2D eigenvalue weighted by molar-refractivity contribution is 6.05. The van der Waals surface area contributed by atoms with Crippen molar-refractivity contribution in [3.05, 3.63) is 48.8 Å². The van der Waals surface area contributed by atoms with Gasteiger partial charge in [-0.1, -0.05) is 12.1 Å². The molecule has 0 saturated carbocycles. The van der Waals surface area contributed by atoms with Crippen LogP contribution in [-0.2, 0) is 0 Å². The summed E-state index contributed by atoms with van der Waals surface area (Å²) in [6, 6.07) is 13.3. The number of furan rings is 1.